The van der Waals surface area contributed by atoms with Crippen molar-refractivity contribution in [3.63, 3.8) is 0 Å². The number of benzene rings is 1. The predicted molar refractivity (Wildman–Crippen MR) is 78.3 cm³/mol. The van der Waals surface area contributed by atoms with Crippen LogP contribution < -0.4 is 5.32 Å². The van der Waals surface area contributed by atoms with Gasteiger partial charge < -0.3 is 10.1 Å². The van der Waals surface area contributed by atoms with Crippen LogP contribution in [0.15, 0.2) is 10.5 Å². The van der Waals surface area contributed by atoms with Gasteiger partial charge in [-0.1, -0.05) is 0 Å². The molecule has 0 spiro atoms. The monoisotopic (exact) mass is 377 g/mol. The number of halogens is 3. The Bertz CT molecular complexity index is 634. The van der Waals surface area contributed by atoms with E-state index in [2.05, 4.69) is 26.0 Å². The molecule has 1 aromatic rings. The Morgan fingerprint density at radius 3 is 2.36 bits per heavy atom. The van der Waals surface area contributed by atoms with Gasteiger partial charge in [-0.2, -0.15) is 0 Å². The normalized spacial score (nSPS) is 11.7. The molecular weight excluding hydrogens is 364 g/mol. The summed E-state index contributed by atoms with van der Waals surface area (Å²) in [5.74, 6) is -5.61. The molecule has 120 valence electrons. The van der Waals surface area contributed by atoms with Gasteiger partial charge in [-0.05, 0) is 35.3 Å². The van der Waals surface area contributed by atoms with Gasteiger partial charge in [0, 0.05) is 17.0 Å². The quantitative estimate of drug-likeness (QED) is 0.486. The maximum absolute atomic E-state index is 14.1. The third-order valence-corrected chi connectivity index (χ3v) is 3.58. The summed E-state index contributed by atoms with van der Waals surface area (Å²) in [6, 6.07) is 0.852. The number of methoxy groups -OCH3 is 1. The summed E-state index contributed by atoms with van der Waals surface area (Å²) in [5, 5.41) is 2.36. The Kier molecular flexibility index (Phi) is 6.16. The maximum atomic E-state index is 14.1. The average Bonchev–Trinajstić information content (AvgIpc) is 2.42. The van der Waals surface area contributed by atoms with E-state index in [1.807, 2.05) is 0 Å². The molecule has 1 amide bonds. The summed E-state index contributed by atoms with van der Waals surface area (Å²) >= 11 is 3.02. The van der Waals surface area contributed by atoms with E-state index in [1.165, 1.54) is 6.92 Å². The lowest BCUT2D eigenvalue weighted by atomic mass is 9.94. The smallest absolute Gasteiger partial charge is 0.316 e. The largest absolute Gasteiger partial charge is 0.468 e. The number of amides is 1. The lowest BCUT2D eigenvalue weighted by Gasteiger charge is -2.17. The van der Waals surface area contributed by atoms with Crippen LogP contribution in [0.3, 0.4) is 0 Å². The highest BCUT2D eigenvalue weighted by atomic mass is 79.9. The van der Waals surface area contributed by atoms with Crippen molar-refractivity contribution in [2.45, 2.75) is 20.3 Å². The zero-order chi connectivity index (χ0) is 17.0. The zero-order valence-corrected chi connectivity index (χ0v) is 13.7. The van der Waals surface area contributed by atoms with Gasteiger partial charge in [0.1, 0.15) is 11.7 Å². The number of rotatable bonds is 5. The van der Waals surface area contributed by atoms with Crippen LogP contribution in [0.5, 0.6) is 0 Å². The Hall–Kier alpha value is -1.83. The molecule has 0 aromatic heterocycles. The van der Waals surface area contributed by atoms with Crippen LogP contribution in [-0.2, 0) is 25.5 Å². The van der Waals surface area contributed by atoms with Gasteiger partial charge >= 0.3 is 5.97 Å². The number of Topliss-reactive ketones (excluding diaryl/α,β-unsaturated/α-hetero) is 1. The van der Waals surface area contributed by atoms with Crippen molar-refractivity contribution in [2.75, 3.05) is 12.4 Å². The number of hydrogen-bond acceptors (Lipinski definition) is 4. The molecule has 8 heteroatoms. The standard InChI is InChI=1S/C14H14BrF2NO4/c1-6(19)8(14(21)22-3)4-9-12(17)11(16)5-10(15)13(9)18-7(2)20/h5,8H,4H2,1-3H3,(H,18,20). The first-order valence-electron chi connectivity index (χ1n) is 6.21. The van der Waals surface area contributed by atoms with Gasteiger partial charge in [0.05, 0.1) is 12.8 Å². The van der Waals surface area contributed by atoms with Crippen LogP contribution in [0, 0.1) is 17.6 Å². The number of hydrogen-bond donors (Lipinski definition) is 1. The second-order valence-corrected chi connectivity index (χ2v) is 5.43. The molecule has 1 rings (SSSR count). The van der Waals surface area contributed by atoms with Crippen LogP contribution >= 0.6 is 15.9 Å². The molecule has 1 atom stereocenters. The molecule has 22 heavy (non-hydrogen) atoms. The summed E-state index contributed by atoms with van der Waals surface area (Å²) in [5.41, 5.74) is -0.311. The fourth-order valence-corrected chi connectivity index (χ4v) is 2.43. The number of anilines is 1. The predicted octanol–water partition coefficient (Wildman–Crippen LogP) is 2.61. The van der Waals surface area contributed by atoms with Crippen molar-refractivity contribution in [3.05, 3.63) is 27.7 Å². The minimum atomic E-state index is -1.29. The van der Waals surface area contributed by atoms with Crippen molar-refractivity contribution in [3.8, 4) is 0 Å². The Morgan fingerprint density at radius 1 is 1.32 bits per heavy atom. The molecule has 0 heterocycles. The number of ether oxygens (including phenoxy) is 1. The van der Waals surface area contributed by atoms with E-state index in [4.69, 9.17) is 0 Å². The summed E-state index contributed by atoms with van der Waals surface area (Å²) in [7, 11) is 1.09. The lowest BCUT2D eigenvalue weighted by molar-refractivity contribution is -0.148. The molecule has 0 aliphatic carbocycles. The summed E-state index contributed by atoms with van der Waals surface area (Å²) in [6.07, 6.45) is -0.431. The summed E-state index contributed by atoms with van der Waals surface area (Å²) in [4.78, 5) is 34.4. The molecule has 0 aliphatic heterocycles. The number of nitrogens with one attached hydrogen (secondary N) is 1. The summed E-state index contributed by atoms with van der Waals surface area (Å²) in [6.45, 7) is 2.34. The summed E-state index contributed by atoms with van der Waals surface area (Å²) < 4.78 is 32.2. The number of carbonyl (C=O) groups excluding carboxylic acids is 3. The highest BCUT2D eigenvalue weighted by Gasteiger charge is 2.29. The highest BCUT2D eigenvalue weighted by Crippen LogP contribution is 2.33. The molecule has 0 fully saturated rings. The van der Waals surface area contributed by atoms with E-state index in [-0.39, 0.29) is 15.7 Å². The first kappa shape index (κ1) is 18.2. The number of carbonyl (C=O) groups is 3. The van der Waals surface area contributed by atoms with Gasteiger partial charge in [0.15, 0.2) is 11.6 Å². The highest BCUT2D eigenvalue weighted by molar-refractivity contribution is 9.10. The molecule has 0 saturated carbocycles. The molecule has 0 radical (unpaired) electrons. The topological polar surface area (TPSA) is 72.5 Å². The van der Waals surface area contributed by atoms with Gasteiger partial charge in [-0.15, -0.1) is 0 Å². The lowest BCUT2D eigenvalue weighted by Crippen LogP contribution is -2.27. The van der Waals surface area contributed by atoms with Gasteiger partial charge in [0.25, 0.3) is 0 Å². The van der Waals surface area contributed by atoms with Crippen molar-refractivity contribution in [1.29, 1.82) is 0 Å². The fourth-order valence-electron chi connectivity index (χ4n) is 1.89. The molecule has 0 aliphatic rings. The van der Waals surface area contributed by atoms with Crippen LogP contribution in [0.2, 0.25) is 0 Å². The first-order valence-corrected chi connectivity index (χ1v) is 7.00. The molecule has 0 bridgehead atoms. The molecule has 1 aromatic carbocycles. The Labute approximate surface area is 134 Å². The third kappa shape index (κ3) is 4.09. The minimum Gasteiger partial charge on any atom is -0.468 e. The molecule has 1 unspecified atom stereocenters. The van der Waals surface area contributed by atoms with Gasteiger partial charge in [0.2, 0.25) is 5.91 Å². The van der Waals surface area contributed by atoms with E-state index in [9.17, 15) is 23.2 Å². The van der Waals surface area contributed by atoms with E-state index >= 15 is 0 Å². The number of esters is 1. The maximum Gasteiger partial charge on any atom is 0.316 e. The first-order chi connectivity index (χ1) is 10.2. The minimum absolute atomic E-state index is 0.0263. The Balaban J connectivity index is 3.40. The van der Waals surface area contributed by atoms with Gasteiger partial charge in [-0.25, -0.2) is 8.78 Å². The van der Waals surface area contributed by atoms with Crippen LogP contribution in [-0.4, -0.2) is 24.8 Å². The van der Waals surface area contributed by atoms with Crippen molar-refractivity contribution in [2.24, 2.45) is 5.92 Å². The molecule has 1 N–H and O–H groups in total. The van der Waals surface area contributed by atoms with Crippen molar-refractivity contribution < 1.29 is 27.9 Å². The van der Waals surface area contributed by atoms with Crippen LogP contribution in [0.1, 0.15) is 19.4 Å². The van der Waals surface area contributed by atoms with E-state index in [1.54, 1.807) is 0 Å². The SMILES string of the molecule is COC(=O)C(Cc1c(F)c(F)cc(Br)c1NC(C)=O)C(C)=O. The fraction of sp³-hybridized carbons (Fsp3) is 0.357. The van der Waals surface area contributed by atoms with E-state index < -0.39 is 41.6 Å². The molecule has 0 saturated heterocycles. The second-order valence-electron chi connectivity index (χ2n) is 4.58. The van der Waals surface area contributed by atoms with Crippen LogP contribution in [0.25, 0.3) is 0 Å². The number of ketones is 1. The third-order valence-electron chi connectivity index (χ3n) is 2.95. The molecular formula is C14H14BrF2NO4. The van der Waals surface area contributed by atoms with Crippen molar-refractivity contribution >= 4 is 39.3 Å². The van der Waals surface area contributed by atoms with Crippen LogP contribution in [0.4, 0.5) is 14.5 Å². The van der Waals surface area contributed by atoms with E-state index in [0.717, 1.165) is 20.1 Å². The average molecular weight is 378 g/mol. The van der Waals surface area contributed by atoms with E-state index in [0.29, 0.717) is 0 Å². The zero-order valence-electron chi connectivity index (χ0n) is 12.1. The Morgan fingerprint density at radius 2 is 1.91 bits per heavy atom. The van der Waals surface area contributed by atoms with Gasteiger partial charge in [-0.3, -0.25) is 14.4 Å². The van der Waals surface area contributed by atoms with Crippen molar-refractivity contribution in [1.82, 2.24) is 0 Å². The second kappa shape index (κ2) is 7.44. The molecule has 5 nitrogen and oxygen atoms in total.